The molecule has 0 bridgehead atoms. The van der Waals surface area contributed by atoms with Crippen molar-refractivity contribution in [3.8, 4) is 10.6 Å². The SMILES string of the molecule is C=CC(=O)N1CCC[C@@H](n2c(NC(=O)c3ccc(-c4cnco4)s3)nc3cc(CN4CCOCC4)ccc32)CC1. The second-order valence-electron chi connectivity index (χ2n) is 10.1. The van der Waals surface area contributed by atoms with E-state index in [1.54, 1.807) is 12.3 Å². The molecule has 1 aromatic carbocycles. The van der Waals surface area contributed by atoms with Gasteiger partial charge in [-0.05, 0) is 55.2 Å². The van der Waals surface area contributed by atoms with Crippen LogP contribution in [0.3, 0.4) is 0 Å². The molecular formula is C29H32N6O4S. The zero-order chi connectivity index (χ0) is 27.5. The molecule has 11 heteroatoms. The Bertz CT molecular complexity index is 1500. The van der Waals surface area contributed by atoms with Crippen LogP contribution in [-0.4, -0.2) is 75.5 Å². The summed E-state index contributed by atoms with van der Waals surface area (Å²) < 4.78 is 13.0. The fourth-order valence-electron chi connectivity index (χ4n) is 5.50. The molecule has 0 radical (unpaired) electrons. The third-order valence-corrected chi connectivity index (χ3v) is 8.64. The molecule has 2 aliphatic rings. The number of oxazole rings is 1. The summed E-state index contributed by atoms with van der Waals surface area (Å²) >= 11 is 1.35. The molecule has 208 valence electrons. The molecule has 2 saturated heterocycles. The van der Waals surface area contributed by atoms with Gasteiger partial charge in [0.2, 0.25) is 11.9 Å². The summed E-state index contributed by atoms with van der Waals surface area (Å²) in [6.07, 6.45) is 6.88. The summed E-state index contributed by atoms with van der Waals surface area (Å²) in [5.41, 5.74) is 3.00. The number of nitrogens with one attached hydrogen (secondary N) is 1. The number of ether oxygens (including phenoxy) is 1. The smallest absolute Gasteiger partial charge is 0.268 e. The van der Waals surface area contributed by atoms with E-state index in [2.05, 4.69) is 44.5 Å². The number of carbonyl (C=O) groups excluding carboxylic acids is 2. The monoisotopic (exact) mass is 560 g/mol. The fraction of sp³-hybridized carbons (Fsp3) is 0.379. The van der Waals surface area contributed by atoms with Crippen molar-refractivity contribution in [2.24, 2.45) is 0 Å². The van der Waals surface area contributed by atoms with Crippen LogP contribution in [-0.2, 0) is 16.1 Å². The van der Waals surface area contributed by atoms with Gasteiger partial charge in [0.1, 0.15) is 0 Å². The number of morpholine rings is 1. The minimum absolute atomic E-state index is 0.0438. The average Bonchev–Trinajstić information content (AvgIpc) is 3.71. The average molecular weight is 561 g/mol. The number of thiophene rings is 1. The number of anilines is 1. The highest BCUT2D eigenvalue weighted by molar-refractivity contribution is 7.17. The van der Waals surface area contributed by atoms with E-state index in [0.717, 1.165) is 68.0 Å². The Labute approximate surface area is 236 Å². The molecule has 0 unspecified atom stereocenters. The fourth-order valence-corrected chi connectivity index (χ4v) is 6.35. The number of rotatable bonds is 7. The van der Waals surface area contributed by atoms with Gasteiger partial charge in [0.25, 0.3) is 5.91 Å². The zero-order valence-corrected chi connectivity index (χ0v) is 23.1. The molecule has 1 atom stereocenters. The Kier molecular flexibility index (Phi) is 7.76. The van der Waals surface area contributed by atoms with E-state index in [4.69, 9.17) is 14.1 Å². The van der Waals surface area contributed by atoms with E-state index in [1.807, 2.05) is 11.0 Å². The van der Waals surface area contributed by atoms with Crippen LogP contribution in [0.1, 0.15) is 40.5 Å². The highest BCUT2D eigenvalue weighted by Crippen LogP contribution is 2.33. The van der Waals surface area contributed by atoms with Crippen LogP contribution in [0.2, 0.25) is 0 Å². The highest BCUT2D eigenvalue weighted by atomic mass is 32.1. The number of hydrogen-bond donors (Lipinski definition) is 1. The van der Waals surface area contributed by atoms with Crippen LogP contribution >= 0.6 is 11.3 Å². The van der Waals surface area contributed by atoms with Crippen molar-refractivity contribution in [2.45, 2.75) is 31.8 Å². The standard InChI is InChI=1S/C29H32N6O4S/c1-2-27(36)34-10-3-4-21(9-11-34)35-23-6-5-20(18-33-12-14-38-15-13-33)16-22(23)31-29(35)32-28(37)26-8-7-25(40-26)24-17-30-19-39-24/h2,5-8,16-17,19,21H,1,3-4,9-15,18H2,(H,31,32,37)/t21-/m1/s1. The van der Waals surface area contributed by atoms with Crippen LogP contribution in [0, 0.1) is 0 Å². The summed E-state index contributed by atoms with van der Waals surface area (Å²) in [6, 6.07) is 10.1. The van der Waals surface area contributed by atoms with Crippen LogP contribution in [0.4, 0.5) is 5.95 Å². The maximum Gasteiger partial charge on any atom is 0.268 e. The highest BCUT2D eigenvalue weighted by Gasteiger charge is 2.26. The van der Waals surface area contributed by atoms with Crippen molar-refractivity contribution in [3.05, 3.63) is 66.0 Å². The molecular weight excluding hydrogens is 528 g/mol. The Balaban J connectivity index is 1.30. The van der Waals surface area contributed by atoms with Crippen LogP contribution in [0.15, 0.2) is 60.0 Å². The molecule has 10 nitrogen and oxygen atoms in total. The van der Waals surface area contributed by atoms with E-state index in [1.165, 1.54) is 29.4 Å². The predicted molar refractivity (Wildman–Crippen MR) is 153 cm³/mol. The van der Waals surface area contributed by atoms with Crippen LogP contribution < -0.4 is 5.32 Å². The van der Waals surface area contributed by atoms with Crippen molar-refractivity contribution in [1.29, 1.82) is 0 Å². The first-order valence-electron chi connectivity index (χ1n) is 13.6. The number of nitrogens with zero attached hydrogens (tertiary/aromatic N) is 5. The summed E-state index contributed by atoms with van der Waals surface area (Å²) in [7, 11) is 0. The molecule has 1 N–H and O–H groups in total. The number of fused-ring (bicyclic) bond motifs is 1. The second-order valence-corrected chi connectivity index (χ2v) is 11.2. The molecule has 0 aliphatic carbocycles. The molecule has 6 rings (SSSR count). The van der Waals surface area contributed by atoms with Gasteiger partial charge in [0, 0.05) is 38.8 Å². The first-order chi connectivity index (χ1) is 19.6. The normalized spacial score (nSPS) is 18.5. The van der Waals surface area contributed by atoms with Gasteiger partial charge in [-0.3, -0.25) is 19.8 Å². The predicted octanol–water partition coefficient (Wildman–Crippen LogP) is 4.58. The molecule has 4 aromatic rings. The lowest BCUT2D eigenvalue weighted by Gasteiger charge is -2.26. The lowest BCUT2D eigenvalue weighted by Crippen LogP contribution is -2.35. The van der Waals surface area contributed by atoms with Gasteiger partial charge >= 0.3 is 0 Å². The second kappa shape index (κ2) is 11.7. The minimum atomic E-state index is -0.224. The van der Waals surface area contributed by atoms with Crippen molar-refractivity contribution in [3.63, 3.8) is 0 Å². The molecule has 2 fully saturated rings. The third kappa shape index (κ3) is 5.58. The first kappa shape index (κ1) is 26.4. The minimum Gasteiger partial charge on any atom is -0.443 e. The molecule has 0 spiro atoms. The van der Waals surface area contributed by atoms with Crippen molar-refractivity contribution in [1.82, 2.24) is 24.3 Å². The summed E-state index contributed by atoms with van der Waals surface area (Å²) in [5, 5.41) is 3.09. The van der Waals surface area contributed by atoms with E-state index in [0.29, 0.717) is 29.7 Å². The number of benzene rings is 1. The van der Waals surface area contributed by atoms with Gasteiger partial charge in [0.15, 0.2) is 12.2 Å². The number of likely N-dealkylation sites (tertiary alicyclic amines) is 1. The van der Waals surface area contributed by atoms with E-state index < -0.39 is 0 Å². The molecule has 2 amide bonds. The number of imidazole rings is 1. The van der Waals surface area contributed by atoms with Crippen molar-refractivity contribution < 1.29 is 18.7 Å². The third-order valence-electron chi connectivity index (χ3n) is 7.54. The number of aromatic nitrogens is 3. The molecule has 3 aromatic heterocycles. The Morgan fingerprint density at radius 2 is 2.00 bits per heavy atom. The number of carbonyl (C=O) groups is 2. The van der Waals surface area contributed by atoms with E-state index in [-0.39, 0.29) is 17.9 Å². The van der Waals surface area contributed by atoms with Gasteiger partial charge in [0.05, 0.1) is 40.2 Å². The Morgan fingerprint density at radius 3 is 2.80 bits per heavy atom. The number of amides is 2. The molecule has 40 heavy (non-hydrogen) atoms. The van der Waals surface area contributed by atoms with E-state index >= 15 is 0 Å². The number of hydrogen-bond acceptors (Lipinski definition) is 8. The maximum absolute atomic E-state index is 13.4. The largest absolute Gasteiger partial charge is 0.443 e. The molecule has 5 heterocycles. The Morgan fingerprint density at radius 1 is 1.12 bits per heavy atom. The maximum atomic E-state index is 13.4. The van der Waals surface area contributed by atoms with Crippen LogP contribution in [0.25, 0.3) is 21.7 Å². The van der Waals surface area contributed by atoms with Gasteiger partial charge in [-0.1, -0.05) is 12.6 Å². The zero-order valence-electron chi connectivity index (χ0n) is 22.3. The van der Waals surface area contributed by atoms with Gasteiger partial charge in [-0.15, -0.1) is 11.3 Å². The van der Waals surface area contributed by atoms with Crippen molar-refractivity contribution >= 4 is 40.1 Å². The molecule has 0 saturated carbocycles. The molecule has 2 aliphatic heterocycles. The van der Waals surface area contributed by atoms with Crippen molar-refractivity contribution in [2.75, 3.05) is 44.7 Å². The lowest BCUT2D eigenvalue weighted by molar-refractivity contribution is -0.125. The summed E-state index contributed by atoms with van der Waals surface area (Å²) in [6.45, 7) is 9.12. The first-order valence-corrected chi connectivity index (χ1v) is 14.4. The Hall–Kier alpha value is -3.80. The van der Waals surface area contributed by atoms with Gasteiger partial charge in [-0.25, -0.2) is 9.97 Å². The van der Waals surface area contributed by atoms with E-state index in [9.17, 15) is 9.59 Å². The van der Waals surface area contributed by atoms with Gasteiger partial charge in [-0.2, -0.15) is 0 Å². The summed E-state index contributed by atoms with van der Waals surface area (Å²) in [5.74, 6) is 0.878. The summed E-state index contributed by atoms with van der Waals surface area (Å²) in [4.78, 5) is 40.2. The quantitative estimate of drug-likeness (QED) is 0.330. The van der Waals surface area contributed by atoms with Crippen LogP contribution in [0.5, 0.6) is 0 Å². The van der Waals surface area contributed by atoms with Gasteiger partial charge < -0.3 is 18.6 Å². The lowest BCUT2D eigenvalue weighted by atomic mass is 10.1. The topological polar surface area (TPSA) is 106 Å².